The summed E-state index contributed by atoms with van der Waals surface area (Å²) in [5, 5.41) is 6.67. The van der Waals surface area contributed by atoms with E-state index in [1.807, 2.05) is 30.3 Å². The Labute approximate surface area is 169 Å². The molecule has 2 rings (SSSR count). The Hall–Kier alpha value is -2.41. The number of benzene rings is 1. The second-order valence-corrected chi connectivity index (χ2v) is 7.30. The first-order valence-electron chi connectivity index (χ1n) is 10.3. The van der Waals surface area contributed by atoms with Crippen molar-refractivity contribution < 1.29 is 0 Å². The molecule has 1 aromatic heterocycles. The molecule has 0 amide bonds. The Morgan fingerprint density at radius 2 is 1.46 bits per heavy atom. The molecular weight excluding hydrogens is 350 g/mol. The number of nitrogens with one attached hydrogen (secondary N) is 2. The van der Waals surface area contributed by atoms with E-state index in [2.05, 4.69) is 76.9 Å². The minimum atomic E-state index is 0.502. The number of rotatable bonds is 11. The topological polar surface area (TPSA) is 69.2 Å². The first kappa shape index (κ1) is 21.9. The van der Waals surface area contributed by atoms with Gasteiger partial charge in [0.05, 0.1) is 0 Å². The highest BCUT2D eigenvalue weighted by Gasteiger charge is 2.14. The molecule has 0 aliphatic heterocycles. The average Bonchev–Trinajstić information content (AvgIpc) is 2.66. The summed E-state index contributed by atoms with van der Waals surface area (Å²) in [7, 11) is 0. The summed E-state index contributed by atoms with van der Waals surface area (Å²) < 4.78 is 0. The van der Waals surface area contributed by atoms with Gasteiger partial charge in [-0.05, 0) is 53.7 Å². The standard InChI is InChI=1S/C21H35N7/c1-7-27(8-2)21-25-19(22-14-15-28(16(3)4)17(5)6)24-20(26-21)23-18-12-10-9-11-13-18/h9-13,16-17H,7-8,14-15H2,1-6H3,(H2,22,23,24,25,26). The fraction of sp³-hybridized carbons (Fsp3) is 0.571. The lowest BCUT2D eigenvalue weighted by Gasteiger charge is -2.30. The fourth-order valence-electron chi connectivity index (χ4n) is 3.21. The molecule has 0 aliphatic rings. The van der Waals surface area contributed by atoms with Crippen molar-refractivity contribution in [2.45, 2.75) is 53.6 Å². The van der Waals surface area contributed by atoms with Gasteiger partial charge in [-0.3, -0.25) is 4.90 Å². The number of aromatic nitrogens is 3. The minimum Gasteiger partial charge on any atom is -0.353 e. The van der Waals surface area contributed by atoms with Crippen LogP contribution in [0.25, 0.3) is 0 Å². The summed E-state index contributed by atoms with van der Waals surface area (Å²) in [5.41, 5.74) is 0.955. The zero-order chi connectivity index (χ0) is 20.5. The lowest BCUT2D eigenvalue weighted by atomic mass is 10.2. The smallest absolute Gasteiger partial charge is 0.233 e. The molecule has 2 N–H and O–H groups in total. The van der Waals surface area contributed by atoms with E-state index in [0.29, 0.717) is 29.9 Å². The van der Waals surface area contributed by atoms with Crippen LogP contribution in [0.1, 0.15) is 41.5 Å². The van der Waals surface area contributed by atoms with Crippen LogP contribution in [0.4, 0.5) is 23.5 Å². The summed E-state index contributed by atoms with van der Waals surface area (Å²) >= 11 is 0. The number of anilines is 4. The highest BCUT2D eigenvalue weighted by atomic mass is 15.3. The van der Waals surface area contributed by atoms with Crippen molar-refractivity contribution in [1.82, 2.24) is 19.9 Å². The zero-order valence-electron chi connectivity index (χ0n) is 18.1. The maximum absolute atomic E-state index is 4.64. The Morgan fingerprint density at radius 1 is 0.857 bits per heavy atom. The molecule has 0 aliphatic carbocycles. The second-order valence-electron chi connectivity index (χ2n) is 7.30. The Bertz CT molecular complexity index is 691. The third-order valence-corrected chi connectivity index (χ3v) is 4.68. The maximum Gasteiger partial charge on any atom is 0.233 e. The van der Waals surface area contributed by atoms with E-state index in [-0.39, 0.29) is 0 Å². The average molecular weight is 386 g/mol. The summed E-state index contributed by atoms with van der Waals surface area (Å²) in [4.78, 5) is 18.4. The summed E-state index contributed by atoms with van der Waals surface area (Å²) in [6.07, 6.45) is 0. The molecule has 0 fully saturated rings. The quantitative estimate of drug-likeness (QED) is 0.606. The van der Waals surface area contributed by atoms with Crippen molar-refractivity contribution >= 4 is 23.5 Å². The Kier molecular flexibility index (Phi) is 8.44. The molecule has 2 aromatic rings. The van der Waals surface area contributed by atoms with Gasteiger partial charge < -0.3 is 15.5 Å². The van der Waals surface area contributed by atoms with Gasteiger partial charge in [-0.1, -0.05) is 18.2 Å². The van der Waals surface area contributed by atoms with Crippen molar-refractivity contribution in [3.63, 3.8) is 0 Å². The Balaban J connectivity index is 2.17. The molecule has 1 heterocycles. The van der Waals surface area contributed by atoms with Crippen LogP contribution in [0.5, 0.6) is 0 Å². The largest absolute Gasteiger partial charge is 0.353 e. The predicted molar refractivity (Wildman–Crippen MR) is 119 cm³/mol. The van der Waals surface area contributed by atoms with Gasteiger partial charge in [0.25, 0.3) is 0 Å². The van der Waals surface area contributed by atoms with E-state index in [1.165, 1.54) is 0 Å². The molecule has 0 saturated heterocycles. The van der Waals surface area contributed by atoms with Gasteiger partial charge in [-0.2, -0.15) is 15.0 Å². The molecule has 0 radical (unpaired) electrons. The molecule has 7 heteroatoms. The number of para-hydroxylation sites is 1. The Morgan fingerprint density at radius 3 is 2.04 bits per heavy atom. The molecule has 1 aromatic carbocycles. The maximum atomic E-state index is 4.64. The van der Waals surface area contributed by atoms with E-state index >= 15 is 0 Å². The third kappa shape index (κ3) is 6.34. The molecule has 0 bridgehead atoms. The van der Waals surface area contributed by atoms with Crippen molar-refractivity contribution in [3.05, 3.63) is 30.3 Å². The van der Waals surface area contributed by atoms with E-state index in [1.54, 1.807) is 0 Å². The molecule has 154 valence electrons. The predicted octanol–water partition coefficient (Wildman–Crippen LogP) is 3.99. The van der Waals surface area contributed by atoms with Crippen LogP contribution in [0, 0.1) is 0 Å². The van der Waals surface area contributed by atoms with Gasteiger partial charge in [-0.25, -0.2) is 0 Å². The molecule has 0 spiro atoms. The van der Waals surface area contributed by atoms with Crippen LogP contribution < -0.4 is 15.5 Å². The first-order chi connectivity index (χ1) is 13.4. The number of hydrogen-bond acceptors (Lipinski definition) is 7. The molecule has 0 atom stereocenters. The van der Waals surface area contributed by atoms with Crippen LogP contribution in [-0.4, -0.2) is 58.1 Å². The fourth-order valence-corrected chi connectivity index (χ4v) is 3.21. The van der Waals surface area contributed by atoms with Crippen LogP contribution in [-0.2, 0) is 0 Å². The van der Waals surface area contributed by atoms with Crippen molar-refractivity contribution in [2.75, 3.05) is 41.7 Å². The zero-order valence-corrected chi connectivity index (χ0v) is 18.1. The van der Waals surface area contributed by atoms with Gasteiger partial charge in [0.15, 0.2) is 0 Å². The van der Waals surface area contributed by atoms with Crippen LogP contribution in [0.2, 0.25) is 0 Å². The first-order valence-corrected chi connectivity index (χ1v) is 10.3. The number of hydrogen-bond donors (Lipinski definition) is 2. The van der Waals surface area contributed by atoms with Gasteiger partial charge in [0.1, 0.15) is 0 Å². The lowest BCUT2D eigenvalue weighted by Crippen LogP contribution is -2.40. The van der Waals surface area contributed by atoms with Crippen molar-refractivity contribution in [1.29, 1.82) is 0 Å². The van der Waals surface area contributed by atoms with E-state index in [4.69, 9.17) is 0 Å². The molecular formula is C21H35N7. The van der Waals surface area contributed by atoms with Crippen molar-refractivity contribution in [2.24, 2.45) is 0 Å². The summed E-state index contributed by atoms with van der Waals surface area (Å²) in [6, 6.07) is 11.0. The van der Waals surface area contributed by atoms with Gasteiger partial charge in [-0.15, -0.1) is 0 Å². The van der Waals surface area contributed by atoms with E-state index in [0.717, 1.165) is 31.9 Å². The molecule has 7 nitrogen and oxygen atoms in total. The lowest BCUT2D eigenvalue weighted by molar-refractivity contribution is 0.182. The summed E-state index contributed by atoms with van der Waals surface area (Å²) in [5.74, 6) is 1.84. The second kappa shape index (κ2) is 10.8. The van der Waals surface area contributed by atoms with Crippen LogP contribution in [0.3, 0.4) is 0 Å². The van der Waals surface area contributed by atoms with Gasteiger partial charge >= 0.3 is 0 Å². The number of nitrogens with zero attached hydrogens (tertiary/aromatic N) is 5. The highest BCUT2D eigenvalue weighted by Crippen LogP contribution is 2.17. The minimum absolute atomic E-state index is 0.502. The van der Waals surface area contributed by atoms with Crippen LogP contribution in [0.15, 0.2) is 30.3 Å². The monoisotopic (exact) mass is 385 g/mol. The van der Waals surface area contributed by atoms with E-state index < -0.39 is 0 Å². The SMILES string of the molecule is CCN(CC)c1nc(NCCN(C(C)C)C(C)C)nc(Nc2ccccc2)n1. The normalized spacial score (nSPS) is 11.3. The molecule has 0 saturated carbocycles. The summed E-state index contributed by atoms with van der Waals surface area (Å²) in [6.45, 7) is 16.5. The van der Waals surface area contributed by atoms with E-state index in [9.17, 15) is 0 Å². The third-order valence-electron chi connectivity index (χ3n) is 4.68. The van der Waals surface area contributed by atoms with Crippen LogP contribution >= 0.6 is 0 Å². The molecule has 28 heavy (non-hydrogen) atoms. The highest BCUT2D eigenvalue weighted by molar-refractivity contribution is 5.55. The molecule has 0 unspecified atom stereocenters. The van der Waals surface area contributed by atoms with Gasteiger partial charge in [0, 0.05) is 44.0 Å². The van der Waals surface area contributed by atoms with Crippen molar-refractivity contribution in [3.8, 4) is 0 Å². The van der Waals surface area contributed by atoms with Gasteiger partial charge in [0.2, 0.25) is 17.8 Å².